The smallest absolute Gasteiger partial charge is 0.224 e. The molecule has 0 radical (unpaired) electrons. The number of ether oxygens (including phenoxy) is 1. The van der Waals surface area contributed by atoms with Crippen molar-refractivity contribution >= 4 is 7.44 Å². The molecule has 1 fully saturated rings. The van der Waals surface area contributed by atoms with E-state index in [0.717, 1.165) is 24.4 Å². The van der Waals surface area contributed by atoms with E-state index >= 15 is 0 Å². The van der Waals surface area contributed by atoms with Crippen LogP contribution in [0.15, 0.2) is 84.7 Å². The molecule has 0 bridgehead atoms. The van der Waals surface area contributed by atoms with E-state index in [-0.39, 0.29) is 0 Å². The van der Waals surface area contributed by atoms with Gasteiger partial charge >= 0.3 is 0 Å². The molecule has 154 valence electrons. The van der Waals surface area contributed by atoms with Gasteiger partial charge in [0.2, 0.25) is 7.44 Å². The maximum atomic E-state index is 14.5. The Balaban J connectivity index is 1.88. The molecule has 1 aliphatic heterocycles. The van der Waals surface area contributed by atoms with E-state index in [1.54, 1.807) is 6.08 Å². The van der Waals surface area contributed by atoms with Gasteiger partial charge < -0.3 is 4.74 Å². The van der Waals surface area contributed by atoms with Crippen molar-refractivity contribution in [3.05, 3.63) is 95.8 Å². The number of nitrogens with zero attached hydrogens (tertiary/aromatic N) is 2. The Morgan fingerprint density at radius 1 is 0.966 bits per heavy atom. The van der Waals surface area contributed by atoms with Crippen LogP contribution in [-0.2, 0) is 22.4 Å². The Labute approximate surface area is 175 Å². The number of hydrogen-bond acceptors (Lipinski definition) is 2. The molecule has 1 heterocycles. The molecule has 1 saturated heterocycles. The van der Waals surface area contributed by atoms with E-state index in [4.69, 9.17) is 4.74 Å². The van der Waals surface area contributed by atoms with Crippen LogP contribution in [0.3, 0.4) is 0 Å². The van der Waals surface area contributed by atoms with E-state index in [2.05, 4.69) is 40.2 Å². The molecule has 5 heteroatoms. The van der Waals surface area contributed by atoms with E-state index in [1.807, 2.05) is 50.2 Å². The van der Waals surface area contributed by atoms with Crippen LogP contribution in [0.25, 0.3) is 0 Å². The summed E-state index contributed by atoms with van der Waals surface area (Å²) in [6.07, 6.45) is 2.15. The second-order valence-electron chi connectivity index (χ2n) is 7.59. The molecular formula is C24H31N2O2P. The lowest BCUT2D eigenvalue weighted by molar-refractivity contribution is 0.244. The molecule has 0 N–H and O–H groups in total. The van der Waals surface area contributed by atoms with Gasteiger partial charge in [-0.3, -0.25) is 4.57 Å². The standard InChI is InChI=1S/C24H31N2O2P/c1-4-17-28-24(21(2)3)20-29(27)25(18-22-11-7-5-8-12-22)15-16-26(29)19-23-13-9-6-10-14-23/h4-14H,1,15-20H2,2-3H3. The average Bonchev–Trinajstić information content (AvgIpc) is 3.02. The zero-order valence-electron chi connectivity index (χ0n) is 17.5. The molecule has 0 saturated carbocycles. The summed E-state index contributed by atoms with van der Waals surface area (Å²) in [4.78, 5) is 0. The molecule has 3 rings (SSSR count). The molecule has 29 heavy (non-hydrogen) atoms. The fraction of sp³-hybridized carbons (Fsp3) is 0.333. The quantitative estimate of drug-likeness (QED) is 0.302. The van der Waals surface area contributed by atoms with Crippen molar-refractivity contribution in [2.24, 2.45) is 0 Å². The highest BCUT2D eigenvalue weighted by Gasteiger charge is 2.43. The summed E-state index contributed by atoms with van der Waals surface area (Å²) in [7, 11) is -2.82. The van der Waals surface area contributed by atoms with Gasteiger partial charge in [-0.1, -0.05) is 73.3 Å². The highest BCUT2D eigenvalue weighted by Crippen LogP contribution is 2.59. The maximum Gasteiger partial charge on any atom is 0.224 e. The molecule has 0 amide bonds. The first-order valence-electron chi connectivity index (χ1n) is 10.1. The number of rotatable bonds is 9. The molecule has 0 unspecified atom stereocenters. The summed E-state index contributed by atoms with van der Waals surface area (Å²) in [6, 6.07) is 20.6. The molecule has 4 nitrogen and oxygen atoms in total. The van der Waals surface area contributed by atoms with Gasteiger partial charge in [-0.25, -0.2) is 9.34 Å². The summed E-state index contributed by atoms with van der Waals surface area (Å²) in [5.41, 5.74) is 3.42. The van der Waals surface area contributed by atoms with Crippen LogP contribution >= 0.6 is 7.44 Å². The maximum absolute atomic E-state index is 14.5. The van der Waals surface area contributed by atoms with Crippen LogP contribution in [0.2, 0.25) is 0 Å². The molecule has 0 aliphatic carbocycles. The minimum Gasteiger partial charge on any atom is -0.493 e. The molecule has 0 spiro atoms. The first kappa shape index (κ1) is 21.6. The predicted molar refractivity (Wildman–Crippen MR) is 121 cm³/mol. The second-order valence-corrected chi connectivity index (χ2v) is 10.4. The number of hydrogen-bond donors (Lipinski definition) is 0. The van der Waals surface area contributed by atoms with E-state index in [1.165, 1.54) is 11.1 Å². The summed E-state index contributed by atoms with van der Waals surface area (Å²) in [6.45, 7) is 11.1. The lowest BCUT2D eigenvalue weighted by Crippen LogP contribution is -2.23. The molecule has 1 aliphatic rings. The SMILES string of the molecule is C=CCOC(CP1(=O)N(Cc2ccccc2)CCN1Cc1ccccc1)=C(C)C. The Bertz CT molecular complexity index is 823. The topological polar surface area (TPSA) is 32.8 Å². The van der Waals surface area contributed by atoms with Crippen LogP contribution < -0.4 is 0 Å². The summed E-state index contributed by atoms with van der Waals surface area (Å²) >= 11 is 0. The van der Waals surface area contributed by atoms with Crippen molar-refractivity contribution in [1.29, 1.82) is 0 Å². The zero-order chi connectivity index (χ0) is 20.7. The fourth-order valence-electron chi connectivity index (χ4n) is 3.58. The Morgan fingerprint density at radius 2 is 1.45 bits per heavy atom. The third-order valence-electron chi connectivity index (χ3n) is 5.20. The third-order valence-corrected chi connectivity index (χ3v) is 8.35. The lowest BCUT2D eigenvalue weighted by Gasteiger charge is -2.31. The predicted octanol–water partition coefficient (Wildman–Crippen LogP) is 5.69. The van der Waals surface area contributed by atoms with Crippen LogP contribution in [0, 0.1) is 0 Å². The summed E-state index contributed by atoms with van der Waals surface area (Å²) in [5, 5.41) is 0. The fourth-order valence-corrected chi connectivity index (χ4v) is 6.70. The highest BCUT2D eigenvalue weighted by molar-refractivity contribution is 7.59. The largest absolute Gasteiger partial charge is 0.493 e. The van der Waals surface area contributed by atoms with Crippen LogP contribution in [-0.4, -0.2) is 35.2 Å². The molecule has 0 aromatic heterocycles. The van der Waals surface area contributed by atoms with Gasteiger partial charge in [0.25, 0.3) is 0 Å². The Hall–Kier alpha value is -2.13. The van der Waals surface area contributed by atoms with Gasteiger partial charge in [0.1, 0.15) is 12.4 Å². The van der Waals surface area contributed by atoms with Gasteiger partial charge in [-0.05, 0) is 30.5 Å². The third kappa shape index (κ3) is 5.48. The van der Waals surface area contributed by atoms with Crippen LogP contribution in [0.4, 0.5) is 0 Å². The summed E-state index contributed by atoms with van der Waals surface area (Å²) < 4.78 is 24.7. The Kier molecular flexibility index (Phi) is 7.49. The molecule has 2 aromatic carbocycles. The Morgan fingerprint density at radius 3 is 1.86 bits per heavy atom. The van der Waals surface area contributed by atoms with E-state index in [0.29, 0.717) is 25.9 Å². The van der Waals surface area contributed by atoms with Gasteiger partial charge in [-0.15, -0.1) is 0 Å². The molecule has 0 atom stereocenters. The normalized spacial score (nSPS) is 16.5. The van der Waals surface area contributed by atoms with Crippen molar-refractivity contribution in [2.75, 3.05) is 25.9 Å². The van der Waals surface area contributed by atoms with Crippen molar-refractivity contribution in [3.63, 3.8) is 0 Å². The van der Waals surface area contributed by atoms with Gasteiger partial charge in [0.05, 0.1) is 6.16 Å². The highest BCUT2D eigenvalue weighted by atomic mass is 31.2. The minimum atomic E-state index is -2.82. The first-order valence-corrected chi connectivity index (χ1v) is 11.9. The summed E-state index contributed by atoms with van der Waals surface area (Å²) in [5.74, 6) is 0.811. The number of allylic oxidation sites excluding steroid dienone is 2. The van der Waals surface area contributed by atoms with Gasteiger partial charge in [-0.2, -0.15) is 0 Å². The van der Waals surface area contributed by atoms with Crippen LogP contribution in [0.5, 0.6) is 0 Å². The average molecular weight is 410 g/mol. The van der Waals surface area contributed by atoms with Crippen molar-refractivity contribution in [1.82, 2.24) is 9.34 Å². The second kappa shape index (κ2) is 10.1. The monoisotopic (exact) mass is 410 g/mol. The molecular weight excluding hydrogens is 379 g/mol. The lowest BCUT2D eigenvalue weighted by atomic mass is 10.2. The van der Waals surface area contributed by atoms with E-state index < -0.39 is 7.44 Å². The van der Waals surface area contributed by atoms with E-state index in [9.17, 15) is 4.57 Å². The van der Waals surface area contributed by atoms with Crippen molar-refractivity contribution in [3.8, 4) is 0 Å². The number of benzene rings is 2. The van der Waals surface area contributed by atoms with Crippen LogP contribution in [0.1, 0.15) is 25.0 Å². The molecule has 2 aromatic rings. The first-order chi connectivity index (χ1) is 14.0. The van der Waals surface area contributed by atoms with Crippen molar-refractivity contribution in [2.45, 2.75) is 26.9 Å². The minimum absolute atomic E-state index is 0.419. The zero-order valence-corrected chi connectivity index (χ0v) is 18.4. The van der Waals surface area contributed by atoms with Gasteiger partial charge in [0, 0.05) is 26.2 Å². The van der Waals surface area contributed by atoms with Gasteiger partial charge in [0.15, 0.2) is 0 Å². The van der Waals surface area contributed by atoms with Crippen molar-refractivity contribution < 1.29 is 9.30 Å².